The number of morpholine rings is 1. The molecule has 2 fully saturated rings. The SMILES string of the molecule is CC1(C(=O)O)CCN(C(=O)Nc2cc(Cl)ccc2N2CCOCC2)C1. The van der Waals surface area contributed by atoms with E-state index in [4.69, 9.17) is 16.3 Å². The van der Waals surface area contributed by atoms with Crippen molar-refractivity contribution < 1.29 is 19.4 Å². The van der Waals surface area contributed by atoms with Crippen molar-refractivity contribution in [1.82, 2.24) is 4.90 Å². The lowest BCUT2D eigenvalue weighted by Gasteiger charge is -2.31. The summed E-state index contributed by atoms with van der Waals surface area (Å²) in [6.45, 7) is 5.04. The van der Waals surface area contributed by atoms with Crippen molar-refractivity contribution >= 4 is 35.0 Å². The molecule has 2 saturated heterocycles. The van der Waals surface area contributed by atoms with Crippen molar-refractivity contribution in [2.24, 2.45) is 5.41 Å². The van der Waals surface area contributed by atoms with Gasteiger partial charge < -0.3 is 25.0 Å². The van der Waals surface area contributed by atoms with E-state index in [0.29, 0.717) is 36.9 Å². The molecule has 2 N–H and O–H groups in total. The summed E-state index contributed by atoms with van der Waals surface area (Å²) in [5.41, 5.74) is 0.628. The Kier molecular flexibility index (Phi) is 5.06. The monoisotopic (exact) mass is 367 g/mol. The third-order valence-electron chi connectivity index (χ3n) is 4.83. The third kappa shape index (κ3) is 3.82. The van der Waals surface area contributed by atoms with Gasteiger partial charge in [-0.1, -0.05) is 11.6 Å². The number of carboxylic acid groups (broad SMARTS) is 1. The maximum Gasteiger partial charge on any atom is 0.321 e. The molecule has 0 saturated carbocycles. The van der Waals surface area contributed by atoms with Crippen LogP contribution in [0.3, 0.4) is 0 Å². The second kappa shape index (κ2) is 7.09. The summed E-state index contributed by atoms with van der Waals surface area (Å²) in [6, 6.07) is 5.09. The highest BCUT2D eigenvalue weighted by Gasteiger charge is 2.42. The number of halogens is 1. The highest BCUT2D eigenvalue weighted by Crippen LogP contribution is 2.33. The first kappa shape index (κ1) is 17.8. The second-order valence-electron chi connectivity index (χ2n) is 6.73. The molecule has 25 heavy (non-hydrogen) atoms. The summed E-state index contributed by atoms with van der Waals surface area (Å²) < 4.78 is 5.37. The van der Waals surface area contributed by atoms with Gasteiger partial charge in [0.1, 0.15) is 0 Å². The highest BCUT2D eigenvalue weighted by molar-refractivity contribution is 6.31. The summed E-state index contributed by atoms with van der Waals surface area (Å²) in [5.74, 6) is -0.875. The maximum absolute atomic E-state index is 12.6. The standard InChI is InChI=1S/C17H22ClN3O4/c1-17(15(22)23)4-5-21(11-17)16(24)19-13-10-12(18)2-3-14(13)20-6-8-25-9-7-20/h2-3,10H,4-9,11H2,1H3,(H,19,24)(H,22,23). The molecule has 2 aliphatic heterocycles. The molecule has 0 radical (unpaired) electrons. The molecule has 1 aromatic rings. The Balaban J connectivity index is 1.75. The smallest absolute Gasteiger partial charge is 0.321 e. The van der Waals surface area contributed by atoms with Crippen LogP contribution in [0.2, 0.25) is 5.02 Å². The average molecular weight is 368 g/mol. The first-order valence-electron chi connectivity index (χ1n) is 8.31. The largest absolute Gasteiger partial charge is 0.481 e. The normalized spacial score (nSPS) is 23.6. The first-order valence-corrected chi connectivity index (χ1v) is 8.68. The molecular formula is C17H22ClN3O4. The topological polar surface area (TPSA) is 82.1 Å². The lowest BCUT2D eigenvalue weighted by molar-refractivity contribution is -0.146. The maximum atomic E-state index is 12.6. The van der Waals surface area contributed by atoms with Gasteiger partial charge in [0.15, 0.2) is 0 Å². The summed E-state index contributed by atoms with van der Waals surface area (Å²) in [5, 5.41) is 12.7. The second-order valence-corrected chi connectivity index (χ2v) is 7.16. The van der Waals surface area contributed by atoms with Gasteiger partial charge in [-0.3, -0.25) is 4.79 Å². The van der Waals surface area contributed by atoms with Gasteiger partial charge >= 0.3 is 12.0 Å². The number of amides is 2. The van der Waals surface area contributed by atoms with Crippen molar-refractivity contribution in [3.05, 3.63) is 23.2 Å². The average Bonchev–Trinajstić information content (AvgIpc) is 3.00. The zero-order chi connectivity index (χ0) is 18.0. The molecule has 2 heterocycles. The third-order valence-corrected chi connectivity index (χ3v) is 5.06. The molecule has 136 valence electrons. The lowest BCUT2D eigenvalue weighted by atomic mass is 9.90. The molecule has 2 amide bonds. The zero-order valence-electron chi connectivity index (χ0n) is 14.1. The van der Waals surface area contributed by atoms with Crippen molar-refractivity contribution in [2.45, 2.75) is 13.3 Å². The summed E-state index contributed by atoms with van der Waals surface area (Å²) in [7, 11) is 0. The van der Waals surface area contributed by atoms with Gasteiger partial charge in [0.2, 0.25) is 0 Å². The van der Waals surface area contributed by atoms with Gasteiger partial charge in [-0.25, -0.2) is 4.79 Å². The van der Waals surface area contributed by atoms with Crippen LogP contribution in [0.1, 0.15) is 13.3 Å². The number of urea groups is 1. The number of rotatable bonds is 3. The summed E-state index contributed by atoms with van der Waals surface area (Å²) in [6.07, 6.45) is 0.446. The predicted octanol–water partition coefficient (Wildman–Crippen LogP) is 2.51. The van der Waals surface area contributed by atoms with Gasteiger partial charge in [-0.2, -0.15) is 0 Å². The number of hydrogen-bond acceptors (Lipinski definition) is 4. The van der Waals surface area contributed by atoms with Crippen LogP contribution in [0.25, 0.3) is 0 Å². The van der Waals surface area contributed by atoms with Gasteiger partial charge in [-0.05, 0) is 31.5 Å². The number of aliphatic carboxylic acids is 1. The molecule has 0 aliphatic carbocycles. The molecule has 1 unspecified atom stereocenters. The van der Waals surface area contributed by atoms with Crippen LogP contribution in [-0.4, -0.2) is 61.4 Å². The molecule has 8 heteroatoms. The van der Waals surface area contributed by atoms with Crippen LogP contribution in [-0.2, 0) is 9.53 Å². The highest BCUT2D eigenvalue weighted by atomic mass is 35.5. The Labute approximate surface area is 151 Å². The Morgan fingerprint density at radius 2 is 2.00 bits per heavy atom. The number of ether oxygens (including phenoxy) is 1. The molecule has 3 rings (SSSR count). The Morgan fingerprint density at radius 1 is 1.28 bits per heavy atom. The molecule has 2 aliphatic rings. The Hall–Kier alpha value is -1.99. The molecule has 0 aromatic heterocycles. The van der Waals surface area contributed by atoms with Crippen molar-refractivity contribution in [1.29, 1.82) is 0 Å². The van der Waals surface area contributed by atoms with Gasteiger partial charge in [-0.15, -0.1) is 0 Å². The fourth-order valence-corrected chi connectivity index (χ4v) is 3.36. The molecule has 1 atom stereocenters. The van der Waals surface area contributed by atoms with E-state index in [0.717, 1.165) is 18.8 Å². The summed E-state index contributed by atoms with van der Waals surface area (Å²) >= 11 is 6.10. The quantitative estimate of drug-likeness (QED) is 0.857. The molecule has 0 bridgehead atoms. The zero-order valence-corrected chi connectivity index (χ0v) is 14.9. The van der Waals surface area contributed by atoms with E-state index in [1.54, 1.807) is 19.1 Å². The van der Waals surface area contributed by atoms with E-state index in [-0.39, 0.29) is 12.6 Å². The Bertz CT molecular complexity index is 678. The number of carbonyl (C=O) groups is 2. The van der Waals surface area contributed by atoms with E-state index in [1.807, 2.05) is 6.07 Å². The molecule has 0 spiro atoms. The minimum Gasteiger partial charge on any atom is -0.481 e. The predicted molar refractivity (Wildman–Crippen MR) is 95.4 cm³/mol. The Morgan fingerprint density at radius 3 is 2.64 bits per heavy atom. The number of likely N-dealkylation sites (tertiary alicyclic amines) is 1. The summed E-state index contributed by atoms with van der Waals surface area (Å²) in [4.78, 5) is 27.6. The van der Waals surface area contributed by atoms with Crippen LogP contribution in [0.5, 0.6) is 0 Å². The van der Waals surface area contributed by atoms with Crippen LogP contribution in [0.4, 0.5) is 16.2 Å². The van der Waals surface area contributed by atoms with E-state index >= 15 is 0 Å². The van der Waals surface area contributed by atoms with Gasteiger partial charge in [0.05, 0.1) is 30.0 Å². The van der Waals surface area contributed by atoms with Gasteiger partial charge in [0, 0.05) is 31.2 Å². The van der Waals surface area contributed by atoms with E-state index in [9.17, 15) is 14.7 Å². The lowest BCUT2D eigenvalue weighted by Crippen LogP contribution is -2.39. The number of hydrogen-bond donors (Lipinski definition) is 2. The van der Waals surface area contributed by atoms with Crippen molar-refractivity contribution in [2.75, 3.05) is 49.6 Å². The number of anilines is 2. The fraction of sp³-hybridized carbons (Fsp3) is 0.529. The molecule has 1 aromatic carbocycles. The van der Waals surface area contributed by atoms with Crippen LogP contribution < -0.4 is 10.2 Å². The number of nitrogens with zero attached hydrogens (tertiary/aromatic N) is 2. The van der Waals surface area contributed by atoms with Crippen LogP contribution in [0.15, 0.2) is 18.2 Å². The van der Waals surface area contributed by atoms with Crippen LogP contribution >= 0.6 is 11.6 Å². The van der Waals surface area contributed by atoms with Gasteiger partial charge in [0.25, 0.3) is 0 Å². The van der Waals surface area contributed by atoms with Crippen molar-refractivity contribution in [3.63, 3.8) is 0 Å². The first-order chi connectivity index (χ1) is 11.9. The van der Waals surface area contributed by atoms with Crippen molar-refractivity contribution in [3.8, 4) is 0 Å². The van der Waals surface area contributed by atoms with E-state index in [2.05, 4.69) is 10.2 Å². The fourth-order valence-electron chi connectivity index (χ4n) is 3.19. The number of carboxylic acids is 1. The molecular weight excluding hydrogens is 346 g/mol. The van der Waals surface area contributed by atoms with Crippen LogP contribution in [0, 0.1) is 5.41 Å². The minimum absolute atomic E-state index is 0.196. The number of benzene rings is 1. The number of nitrogens with one attached hydrogen (secondary N) is 1. The minimum atomic E-state index is -0.890. The molecule has 7 nitrogen and oxygen atoms in total. The van der Waals surface area contributed by atoms with E-state index < -0.39 is 11.4 Å². The number of carbonyl (C=O) groups excluding carboxylic acids is 1. The van der Waals surface area contributed by atoms with E-state index in [1.165, 1.54) is 4.90 Å².